The second-order valence-electron chi connectivity index (χ2n) is 4.67. The van der Waals surface area contributed by atoms with Crippen LogP contribution in [-0.4, -0.2) is 19.2 Å². The van der Waals surface area contributed by atoms with Gasteiger partial charge in [0.25, 0.3) is 0 Å². The molecule has 1 aromatic carbocycles. The Bertz CT molecular complexity index is 458. The maximum absolute atomic E-state index is 11.4. The zero-order chi connectivity index (χ0) is 14.8. The monoisotopic (exact) mass is 274 g/mol. The van der Waals surface area contributed by atoms with Crippen LogP contribution in [0, 0.1) is 0 Å². The van der Waals surface area contributed by atoms with Crippen molar-refractivity contribution in [1.82, 2.24) is 0 Å². The van der Waals surface area contributed by atoms with E-state index in [1.165, 1.54) is 6.08 Å². The molecular formula is C17H22O3. The summed E-state index contributed by atoms with van der Waals surface area (Å²) in [7, 11) is 0. The summed E-state index contributed by atoms with van der Waals surface area (Å²) in [6.45, 7) is 8.75. The van der Waals surface area contributed by atoms with Gasteiger partial charge >= 0.3 is 5.97 Å². The molecule has 0 saturated carbocycles. The Morgan fingerprint density at radius 1 is 1.30 bits per heavy atom. The van der Waals surface area contributed by atoms with Crippen molar-refractivity contribution in [1.29, 1.82) is 0 Å². The lowest BCUT2D eigenvalue weighted by Crippen LogP contribution is -2.01. The van der Waals surface area contributed by atoms with Gasteiger partial charge in [0, 0.05) is 6.08 Å². The lowest BCUT2D eigenvalue weighted by Gasteiger charge is -2.05. The van der Waals surface area contributed by atoms with Gasteiger partial charge in [0.1, 0.15) is 12.4 Å². The summed E-state index contributed by atoms with van der Waals surface area (Å²) in [5.74, 6) is 0.483. The normalized spacial score (nSPS) is 10.5. The highest BCUT2D eigenvalue weighted by Gasteiger charge is 1.97. The zero-order valence-corrected chi connectivity index (χ0v) is 12.2. The van der Waals surface area contributed by atoms with Gasteiger partial charge in [-0.1, -0.05) is 32.1 Å². The Balaban J connectivity index is 2.44. The molecule has 0 N–H and O–H groups in total. The molecule has 0 aliphatic rings. The van der Waals surface area contributed by atoms with Crippen molar-refractivity contribution in [3.63, 3.8) is 0 Å². The van der Waals surface area contributed by atoms with E-state index in [9.17, 15) is 4.79 Å². The van der Waals surface area contributed by atoms with E-state index in [-0.39, 0.29) is 5.97 Å². The van der Waals surface area contributed by atoms with Crippen LogP contribution in [-0.2, 0) is 9.53 Å². The molecule has 0 fully saturated rings. The second kappa shape index (κ2) is 8.97. The van der Waals surface area contributed by atoms with E-state index in [1.54, 1.807) is 6.08 Å². The van der Waals surface area contributed by atoms with E-state index in [0.717, 1.165) is 29.7 Å². The van der Waals surface area contributed by atoms with Gasteiger partial charge in [-0.25, -0.2) is 4.79 Å². The van der Waals surface area contributed by atoms with Gasteiger partial charge in [0.2, 0.25) is 0 Å². The van der Waals surface area contributed by atoms with Crippen LogP contribution in [0.1, 0.15) is 32.3 Å². The largest absolute Gasteiger partial charge is 0.489 e. The Morgan fingerprint density at radius 2 is 2.00 bits per heavy atom. The molecule has 0 aromatic heterocycles. The van der Waals surface area contributed by atoms with Crippen molar-refractivity contribution in [2.75, 3.05) is 13.2 Å². The van der Waals surface area contributed by atoms with Crippen LogP contribution >= 0.6 is 0 Å². The maximum atomic E-state index is 11.4. The average Bonchev–Trinajstić information content (AvgIpc) is 2.44. The molecule has 0 saturated heterocycles. The number of unbranched alkanes of at least 4 members (excludes halogenated alkanes) is 1. The third kappa shape index (κ3) is 6.78. The third-order valence-corrected chi connectivity index (χ3v) is 2.52. The number of ether oxygens (including phenoxy) is 2. The Labute approximate surface area is 120 Å². The molecule has 0 unspecified atom stereocenters. The standard InChI is InChI=1S/C17H22O3/c1-4-5-12-19-17(18)11-8-15-6-9-16(10-7-15)20-13-14(2)3/h6-11H,2,4-5,12-13H2,1,3H3/b11-8-. The van der Waals surface area contributed by atoms with Gasteiger partial charge in [0.15, 0.2) is 0 Å². The van der Waals surface area contributed by atoms with Crippen LogP contribution in [0.5, 0.6) is 5.75 Å². The summed E-state index contributed by atoms with van der Waals surface area (Å²) in [5.41, 5.74) is 1.91. The molecule has 0 spiro atoms. The molecule has 0 amide bonds. The number of carbonyl (C=O) groups is 1. The first kappa shape index (κ1) is 16.0. The SMILES string of the molecule is C=C(C)COc1ccc(/C=C\C(=O)OCCCC)cc1. The van der Waals surface area contributed by atoms with Gasteiger partial charge in [-0.2, -0.15) is 0 Å². The quantitative estimate of drug-likeness (QED) is 0.311. The summed E-state index contributed by atoms with van der Waals surface area (Å²) in [6, 6.07) is 7.52. The maximum Gasteiger partial charge on any atom is 0.330 e. The van der Waals surface area contributed by atoms with E-state index >= 15 is 0 Å². The molecule has 0 radical (unpaired) electrons. The summed E-state index contributed by atoms with van der Waals surface area (Å²) in [4.78, 5) is 11.4. The van der Waals surface area contributed by atoms with Crippen LogP contribution in [0.2, 0.25) is 0 Å². The van der Waals surface area contributed by atoms with E-state index in [1.807, 2.05) is 31.2 Å². The fraction of sp³-hybridized carbons (Fsp3) is 0.353. The number of benzene rings is 1. The smallest absolute Gasteiger partial charge is 0.330 e. The van der Waals surface area contributed by atoms with E-state index < -0.39 is 0 Å². The average molecular weight is 274 g/mol. The molecule has 3 nitrogen and oxygen atoms in total. The topological polar surface area (TPSA) is 35.5 Å². The van der Waals surface area contributed by atoms with Gasteiger partial charge in [-0.3, -0.25) is 0 Å². The summed E-state index contributed by atoms with van der Waals surface area (Å²) in [5, 5.41) is 0. The Morgan fingerprint density at radius 3 is 2.60 bits per heavy atom. The molecule has 1 rings (SSSR count). The van der Waals surface area contributed by atoms with Crippen LogP contribution in [0.15, 0.2) is 42.5 Å². The third-order valence-electron chi connectivity index (χ3n) is 2.52. The van der Waals surface area contributed by atoms with Gasteiger partial charge in [-0.05, 0) is 42.7 Å². The first-order chi connectivity index (χ1) is 9.61. The number of hydrogen-bond acceptors (Lipinski definition) is 3. The highest BCUT2D eigenvalue weighted by molar-refractivity contribution is 5.87. The van der Waals surface area contributed by atoms with Crippen molar-refractivity contribution in [3.05, 3.63) is 48.1 Å². The molecule has 0 aliphatic heterocycles. The molecular weight excluding hydrogens is 252 g/mol. The lowest BCUT2D eigenvalue weighted by atomic mass is 10.2. The summed E-state index contributed by atoms with van der Waals surface area (Å²) in [6.07, 6.45) is 5.09. The van der Waals surface area contributed by atoms with E-state index in [2.05, 4.69) is 13.5 Å². The van der Waals surface area contributed by atoms with Gasteiger partial charge < -0.3 is 9.47 Å². The molecule has 0 aliphatic carbocycles. The minimum absolute atomic E-state index is 0.305. The molecule has 3 heteroatoms. The lowest BCUT2D eigenvalue weighted by molar-refractivity contribution is -0.137. The highest BCUT2D eigenvalue weighted by atomic mass is 16.5. The van der Waals surface area contributed by atoms with Gasteiger partial charge in [-0.15, -0.1) is 0 Å². The predicted octanol–water partition coefficient (Wildman–Crippen LogP) is 4.00. The molecule has 0 heterocycles. The number of esters is 1. The fourth-order valence-corrected chi connectivity index (χ4v) is 1.41. The van der Waals surface area contributed by atoms with Crippen LogP contribution in [0.3, 0.4) is 0 Å². The van der Waals surface area contributed by atoms with Crippen LogP contribution in [0.4, 0.5) is 0 Å². The van der Waals surface area contributed by atoms with Crippen molar-refractivity contribution < 1.29 is 14.3 Å². The minimum Gasteiger partial charge on any atom is -0.489 e. The number of hydrogen-bond donors (Lipinski definition) is 0. The summed E-state index contributed by atoms with van der Waals surface area (Å²) < 4.78 is 10.5. The first-order valence-electron chi connectivity index (χ1n) is 6.84. The Kier molecular flexibility index (Phi) is 7.18. The fourth-order valence-electron chi connectivity index (χ4n) is 1.41. The molecule has 1 aromatic rings. The van der Waals surface area contributed by atoms with E-state index in [4.69, 9.17) is 9.47 Å². The van der Waals surface area contributed by atoms with Crippen LogP contribution < -0.4 is 4.74 Å². The zero-order valence-electron chi connectivity index (χ0n) is 12.2. The molecule has 0 bridgehead atoms. The van der Waals surface area contributed by atoms with Crippen molar-refractivity contribution in [2.24, 2.45) is 0 Å². The molecule has 0 atom stereocenters. The number of carbonyl (C=O) groups excluding carboxylic acids is 1. The van der Waals surface area contributed by atoms with E-state index in [0.29, 0.717) is 13.2 Å². The predicted molar refractivity (Wildman–Crippen MR) is 81.7 cm³/mol. The number of rotatable bonds is 8. The molecule has 20 heavy (non-hydrogen) atoms. The Hall–Kier alpha value is -2.03. The minimum atomic E-state index is -0.305. The van der Waals surface area contributed by atoms with Crippen LogP contribution in [0.25, 0.3) is 6.08 Å². The molecule has 108 valence electrons. The van der Waals surface area contributed by atoms with Crippen molar-refractivity contribution >= 4 is 12.0 Å². The summed E-state index contributed by atoms with van der Waals surface area (Å²) >= 11 is 0. The van der Waals surface area contributed by atoms with Gasteiger partial charge in [0.05, 0.1) is 6.61 Å². The highest BCUT2D eigenvalue weighted by Crippen LogP contribution is 2.13. The van der Waals surface area contributed by atoms with Crippen molar-refractivity contribution in [2.45, 2.75) is 26.7 Å². The second-order valence-corrected chi connectivity index (χ2v) is 4.67. The van der Waals surface area contributed by atoms with Crippen molar-refractivity contribution in [3.8, 4) is 5.75 Å². The first-order valence-corrected chi connectivity index (χ1v) is 6.84.